The Morgan fingerprint density at radius 3 is 2.49 bits per heavy atom. The third kappa shape index (κ3) is 4.84. The summed E-state index contributed by atoms with van der Waals surface area (Å²) in [4.78, 5) is 19.4. The first kappa shape index (κ1) is 22.5. The van der Waals surface area contributed by atoms with Gasteiger partial charge in [0.15, 0.2) is 0 Å². The van der Waals surface area contributed by atoms with Crippen molar-refractivity contribution in [2.75, 3.05) is 6.54 Å². The Morgan fingerprint density at radius 1 is 1.00 bits per heavy atom. The molecule has 1 aliphatic rings. The lowest BCUT2D eigenvalue weighted by atomic mass is 9.94. The van der Waals surface area contributed by atoms with Gasteiger partial charge in [-0.3, -0.25) is 4.90 Å². The molecule has 0 spiro atoms. The number of benzene rings is 3. The van der Waals surface area contributed by atoms with Gasteiger partial charge in [0, 0.05) is 17.8 Å². The summed E-state index contributed by atoms with van der Waals surface area (Å²) in [5.41, 5.74) is 4.14. The lowest BCUT2D eigenvalue weighted by Gasteiger charge is -2.35. The third-order valence-electron chi connectivity index (χ3n) is 6.16. The number of amides is 2. The van der Waals surface area contributed by atoms with Crippen LogP contribution >= 0.6 is 0 Å². The van der Waals surface area contributed by atoms with Crippen LogP contribution < -0.4 is 5.32 Å². The Hall–Kier alpha value is -4.26. The molecule has 1 N–H and O–H groups in total. The average Bonchev–Trinajstić information content (AvgIpc) is 3.37. The number of aromatic nitrogens is 2. The highest BCUT2D eigenvalue weighted by atomic mass is 19.1. The number of halogens is 1. The fourth-order valence-electron chi connectivity index (χ4n) is 4.39. The molecule has 0 saturated carbocycles. The quantitative estimate of drug-likeness (QED) is 0.361. The third-order valence-corrected chi connectivity index (χ3v) is 6.16. The van der Waals surface area contributed by atoms with Gasteiger partial charge in [-0.05, 0) is 43.0 Å². The van der Waals surface area contributed by atoms with Gasteiger partial charge in [0.05, 0.1) is 11.6 Å². The van der Waals surface area contributed by atoms with Crippen molar-refractivity contribution >= 4 is 11.6 Å². The highest BCUT2D eigenvalue weighted by molar-refractivity contribution is 5.86. The minimum absolute atomic E-state index is 0.168. The Bertz CT molecular complexity index is 1350. The number of carbonyl (C=O) groups is 1. The summed E-state index contributed by atoms with van der Waals surface area (Å²) in [6, 6.07) is 25.3. The Morgan fingerprint density at radius 2 is 1.74 bits per heavy atom. The summed E-state index contributed by atoms with van der Waals surface area (Å²) in [5, 5.41) is 7.20. The molecule has 7 heteroatoms. The first-order valence-electron chi connectivity index (χ1n) is 11.6. The number of allylic oxidation sites excluding steroid dienone is 1. The maximum Gasteiger partial charge on any atom is 0.322 e. The van der Waals surface area contributed by atoms with Crippen molar-refractivity contribution in [2.24, 2.45) is 0 Å². The van der Waals surface area contributed by atoms with E-state index in [0.717, 1.165) is 29.7 Å². The molecular weight excluding hydrogens is 443 g/mol. The number of carbonyl (C=O) groups excluding carboxylic acids is 1. The van der Waals surface area contributed by atoms with E-state index in [1.54, 1.807) is 17.0 Å². The number of nitrogens with one attached hydrogen (secondary N) is 1. The molecule has 3 aromatic carbocycles. The van der Waals surface area contributed by atoms with E-state index in [-0.39, 0.29) is 11.8 Å². The van der Waals surface area contributed by atoms with Crippen LogP contribution in [0.3, 0.4) is 0 Å². The van der Waals surface area contributed by atoms with Gasteiger partial charge in [0.1, 0.15) is 5.82 Å². The molecule has 1 unspecified atom stereocenters. The van der Waals surface area contributed by atoms with Crippen LogP contribution in [0.1, 0.15) is 36.4 Å². The molecular formula is C28H25FN4O2. The van der Waals surface area contributed by atoms with Crippen LogP contribution in [0.15, 0.2) is 95.1 Å². The van der Waals surface area contributed by atoms with E-state index < -0.39 is 6.04 Å². The van der Waals surface area contributed by atoms with Crippen molar-refractivity contribution in [1.82, 2.24) is 20.4 Å². The molecule has 1 atom stereocenters. The maximum absolute atomic E-state index is 13.7. The minimum Gasteiger partial charge on any atom is -0.334 e. The van der Waals surface area contributed by atoms with Gasteiger partial charge in [0.2, 0.25) is 5.82 Å². The van der Waals surface area contributed by atoms with E-state index >= 15 is 0 Å². The summed E-state index contributed by atoms with van der Waals surface area (Å²) in [6.45, 7) is 2.45. The van der Waals surface area contributed by atoms with Gasteiger partial charge in [-0.1, -0.05) is 78.0 Å². The highest BCUT2D eigenvalue weighted by Crippen LogP contribution is 2.37. The van der Waals surface area contributed by atoms with Crippen LogP contribution in [-0.4, -0.2) is 27.6 Å². The summed E-state index contributed by atoms with van der Waals surface area (Å²) in [5.74, 6) is 0.212. The lowest BCUT2D eigenvalue weighted by molar-refractivity contribution is 0.204. The van der Waals surface area contributed by atoms with Crippen LogP contribution in [0.25, 0.3) is 17.0 Å². The smallest absolute Gasteiger partial charge is 0.322 e. The molecule has 6 nitrogen and oxygen atoms in total. The van der Waals surface area contributed by atoms with Crippen molar-refractivity contribution < 1.29 is 13.7 Å². The van der Waals surface area contributed by atoms with Crippen LogP contribution in [-0.2, 0) is 6.42 Å². The zero-order valence-corrected chi connectivity index (χ0v) is 19.3. The van der Waals surface area contributed by atoms with E-state index in [1.807, 2.05) is 55.5 Å². The van der Waals surface area contributed by atoms with E-state index in [2.05, 4.69) is 27.6 Å². The van der Waals surface area contributed by atoms with Gasteiger partial charge in [-0.2, -0.15) is 4.98 Å². The second kappa shape index (κ2) is 9.93. The predicted octanol–water partition coefficient (Wildman–Crippen LogP) is 6.01. The van der Waals surface area contributed by atoms with Crippen molar-refractivity contribution in [3.63, 3.8) is 0 Å². The largest absolute Gasteiger partial charge is 0.334 e. The number of hydrogen-bond donors (Lipinski definition) is 1. The fraction of sp³-hybridized carbons (Fsp3) is 0.179. The van der Waals surface area contributed by atoms with E-state index in [1.165, 1.54) is 17.7 Å². The maximum atomic E-state index is 13.7. The van der Waals surface area contributed by atoms with Crippen LogP contribution in [0.2, 0.25) is 0 Å². The van der Waals surface area contributed by atoms with Gasteiger partial charge < -0.3 is 9.84 Å². The van der Waals surface area contributed by atoms with Crippen LogP contribution in [0.4, 0.5) is 9.18 Å². The molecule has 0 fully saturated rings. The van der Waals surface area contributed by atoms with E-state index in [4.69, 9.17) is 4.52 Å². The Labute approximate surface area is 203 Å². The van der Waals surface area contributed by atoms with Gasteiger partial charge in [0.25, 0.3) is 5.89 Å². The van der Waals surface area contributed by atoms with Gasteiger partial charge >= 0.3 is 6.03 Å². The number of aryl methyl sites for hydroxylation is 1. The van der Waals surface area contributed by atoms with Gasteiger partial charge in [-0.25, -0.2) is 9.18 Å². The lowest BCUT2D eigenvalue weighted by Crippen LogP contribution is -2.46. The standard InChI is InChI=1S/C28H25FN4O2/c1-19-24(27-31-26(32-35-27)22-15-8-16-23(29)18-22)25(21-13-6-3-7-14-21)30-28(34)33(19)17-9-12-20-10-4-2-5-11-20/h2-8,10-11,13-16,18,25H,9,12,17H2,1H3,(H,30,34). The molecule has 0 aliphatic carbocycles. The molecule has 0 radical (unpaired) electrons. The number of rotatable bonds is 7. The normalized spacial score (nSPS) is 15.9. The summed E-state index contributed by atoms with van der Waals surface area (Å²) >= 11 is 0. The average molecular weight is 469 g/mol. The van der Waals surface area contributed by atoms with Crippen molar-refractivity contribution in [1.29, 1.82) is 0 Å². The number of urea groups is 1. The monoisotopic (exact) mass is 468 g/mol. The van der Waals surface area contributed by atoms with Crippen LogP contribution in [0, 0.1) is 5.82 Å². The summed E-state index contributed by atoms with van der Waals surface area (Å²) in [6.07, 6.45) is 1.66. The second-order valence-corrected chi connectivity index (χ2v) is 8.47. The zero-order valence-electron chi connectivity index (χ0n) is 19.3. The van der Waals surface area contributed by atoms with Crippen molar-refractivity contribution in [3.8, 4) is 11.4 Å². The zero-order chi connectivity index (χ0) is 24.2. The molecule has 4 aromatic rings. The number of nitrogens with zero attached hydrogens (tertiary/aromatic N) is 3. The first-order chi connectivity index (χ1) is 17.1. The molecule has 1 aliphatic heterocycles. The van der Waals surface area contributed by atoms with Gasteiger partial charge in [-0.15, -0.1) is 0 Å². The van der Waals surface area contributed by atoms with E-state index in [0.29, 0.717) is 23.8 Å². The minimum atomic E-state index is -0.449. The Kier molecular flexibility index (Phi) is 6.39. The van der Waals surface area contributed by atoms with Crippen molar-refractivity contribution in [2.45, 2.75) is 25.8 Å². The molecule has 176 valence electrons. The first-order valence-corrected chi connectivity index (χ1v) is 11.6. The molecule has 2 amide bonds. The highest BCUT2D eigenvalue weighted by Gasteiger charge is 2.35. The number of hydrogen-bond acceptors (Lipinski definition) is 4. The second-order valence-electron chi connectivity index (χ2n) is 8.47. The van der Waals surface area contributed by atoms with Crippen LogP contribution in [0.5, 0.6) is 0 Å². The predicted molar refractivity (Wildman–Crippen MR) is 131 cm³/mol. The molecule has 1 aromatic heterocycles. The fourth-order valence-corrected chi connectivity index (χ4v) is 4.39. The van der Waals surface area contributed by atoms with Crippen molar-refractivity contribution in [3.05, 3.63) is 113 Å². The Balaban J connectivity index is 1.49. The molecule has 2 heterocycles. The molecule has 0 bridgehead atoms. The topological polar surface area (TPSA) is 71.3 Å². The summed E-state index contributed by atoms with van der Waals surface area (Å²) < 4.78 is 19.4. The SMILES string of the molecule is CC1=C(c2nc(-c3cccc(F)c3)no2)C(c2ccccc2)NC(=O)N1CCCc1ccccc1. The summed E-state index contributed by atoms with van der Waals surface area (Å²) in [7, 11) is 0. The molecule has 0 saturated heterocycles. The molecule has 35 heavy (non-hydrogen) atoms. The molecule has 5 rings (SSSR count). The van der Waals surface area contributed by atoms with E-state index in [9.17, 15) is 9.18 Å².